The highest BCUT2D eigenvalue weighted by atomic mass is 35.5. The Kier molecular flexibility index (Phi) is 3.93. The van der Waals surface area contributed by atoms with Gasteiger partial charge in [0.2, 0.25) is 0 Å². The summed E-state index contributed by atoms with van der Waals surface area (Å²) in [6.45, 7) is 0.795. The molecule has 3 aromatic rings. The Morgan fingerprint density at radius 2 is 1.62 bits per heavy atom. The van der Waals surface area contributed by atoms with Gasteiger partial charge in [0.15, 0.2) is 0 Å². The first-order valence-corrected chi connectivity index (χ1v) is 7.17. The first-order chi connectivity index (χ1) is 10.2. The van der Waals surface area contributed by atoms with E-state index in [1.807, 2.05) is 60.9 Å². The highest BCUT2D eigenvalue weighted by molar-refractivity contribution is 6.30. The van der Waals surface area contributed by atoms with Gasteiger partial charge in [-0.1, -0.05) is 35.9 Å². The van der Waals surface area contributed by atoms with Crippen molar-refractivity contribution in [2.24, 2.45) is 0 Å². The summed E-state index contributed by atoms with van der Waals surface area (Å²) in [6, 6.07) is 15.8. The zero-order valence-corrected chi connectivity index (χ0v) is 12.3. The van der Waals surface area contributed by atoms with Crippen LogP contribution in [-0.2, 0) is 13.0 Å². The summed E-state index contributed by atoms with van der Waals surface area (Å²) in [5.74, 6) is 1.04. The molecule has 0 unspecified atom stereocenters. The van der Waals surface area contributed by atoms with E-state index < -0.39 is 0 Å². The summed E-state index contributed by atoms with van der Waals surface area (Å²) in [6.07, 6.45) is 4.63. The molecular formula is C17H16ClN3. The molecule has 1 aromatic heterocycles. The van der Waals surface area contributed by atoms with Crippen LogP contribution in [0.4, 0.5) is 5.69 Å². The van der Waals surface area contributed by atoms with Gasteiger partial charge in [-0.2, -0.15) is 0 Å². The topological polar surface area (TPSA) is 43.8 Å². The lowest BCUT2D eigenvalue weighted by Crippen LogP contribution is -2.05. The summed E-state index contributed by atoms with van der Waals surface area (Å²) >= 11 is 5.91. The maximum Gasteiger partial charge on any atom is 0.113 e. The second-order valence-electron chi connectivity index (χ2n) is 5.02. The number of nitrogen functional groups attached to an aromatic ring is 1. The number of hydrogen-bond donors (Lipinski definition) is 1. The minimum atomic E-state index is 0.754. The molecule has 3 nitrogen and oxygen atoms in total. The number of benzene rings is 2. The lowest BCUT2D eigenvalue weighted by Gasteiger charge is -2.08. The van der Waals surface area contributed by atoms with E-state index in [2.05, 4.69) is 9.55 Å². The second-order valence-corrected chi connectivity index (χ2v) is 5.45. The van der Waals surface area contributed by atoms with Crippen molar-refractivity contribution in [2.75, 3.05) is 5.73 Å². The van der Waals surface area contributed by atoms with E-state index >= 15 is 0 Å². The summed E-state index contributed by atoms with van der Waals surface area (Å²) in [7, 11) is 0. The standard InChI is InChI=1S/C17H16ClN3/c18-15-5-1-13(2-6-15)11-17-20-9-10-21(17)12-14-3-7-16(19)8-4-14/h1-10H,11-12,19H2. The van der Waals surface area contributed by atoms with Crippen LogP contribution >= 0.6 is 11.6 Å². The minimum absolute atomic E-state index is 0.754. The van der Waals surface area contributed by atoms with E-state index in [9.17, 15) is 0 Å². The van der Waals surface area contributed by atoms with E-state index in [-0.39, 0.29) is 0 Å². The normalized spacial score (nSPS) is 10.7. The van der Waals surface area contributed by atoms with E-state index in [1.165, 1.54) is 11.1 Å². The van der Waals surface area contributed by atoms with Crippen LogP contribution in [0.2, 0.25) is 5.02 Å². The maximum atomic E-state index is 5.91. The summed E-state index contributed by atoms with van der Waals surface area (Å²) < 4.78 is 2.15. The molecule has 4 heteroatoms. The number of nitrogens with two attached hydrogens (primary N) is 1. The SMILES string of the molecule is Nc1ccc(Cn2ccnc2Cc2ccc(Cl)cc2)cc1. The fourth-order valence-electron chi connectivity index (χ4n) is 2.26. The van der Waals surface area contributed by atoms with Crippen molar-refractivity contribution in [1.29, 1.82) is 0 Å². The molecule has 0 bridgehead atoms. The zero-order chi connectivity index (χ0) is 14.7. The van der Waals surface area contributed by atoms with Crippen molar-refractivity contribution < 1.29 is 0 Å². The molecule has 0 aliphatic rings. The Hall–Kier alpha value is -2.26. The fraction of sp³-hybridized carbons (Fsp3) is 0.118. The Bertz CT molecular complexity index is 653. The second kappa shape index (κ2) is 6.02. The molecule has 0 aliphatic carbocycles. The molecule has 3 rings (SSSR count). The monoisotopic (exact) mass is 297 g/mol. The highest BCUT2D eigenvalue weighted by Gasteiger charge is 2.05. The van der Waals surface area contributed by atoms with Gasteiger partial charge < -0.3 is 10.3 Å². The Balaban J connectivity index is 1.77. The van der Waals surface area contributed by atoms with Crippen molar-refractivity contribution in [3.63, 3.8) is 0 Å². The molecule has 0 saturated carbocycles. The summed E-state index contributed by atoms with van der Waals surface area (Å²) in [4.78, 5) is 4.45. The number of hydrogen-bond acceptors (Lipinski definition) is 2. The Morgan fingerprint density at radius 3 is 2.33 bits per heavy atom. The van der Waals surface area contributed by atoms with Crippen LogP contribution < -0.4 is 5.73 Å². The molecule has 2 aromatic carbocycles. The van der Waals surface area contributed by atoms with Gasteiger partial charge in [0.25, 0.3) is 0 Å². The molecule has 0 atom stereocenters. The summed E-state index contributed by atoms with van der Waals surface area (Å²) in [5.41, 5.74) is 8.90. The third-order valence-electron chi connectivity index (χ3n) is 3.41. The van der Waals surface area contributed by atoms with Gasteiger partial charge in [-0.3, -0.25) is 0 Å². The van der Waals surface area contributed by atoms with Crippen LogP contribution in [0.25, 0.3) is 0 Å². The Morgan fingerprint density at radius 1 is 0.952 bits per heavy atom. The molecule has 106 valence electrons. The van der Waals surface area contributed by atoms with Crippen LogP contribution in [0.1, 0.15) is 17.0 Å². The molecule has 1 heterocycles. The van der Waals surface area contributed by atoms with Gasteiger partial charge in [-0.15, -0.1) is 0 Å². The predicted molar refractivity (Wildman–Crippen MR) is 86.4 cm³/mol. The number of imidazole rings is 1. The number of halogens is 1. The van der Waals surface area contributed by atoms with Gasteiger partial charge in [0.1, 0.15) is 5.82 Å². The lowest BCUT2D eigenvalue weighted by molar-refractivity contribution is 0.740. The lowest BCUT2D eigenvalue weighted by atomic mass is 10.1. The number of anilines is 1. The van der Waals surface area contributed by atoms with Crippen LogP contribution in [0.15, 0.2) is 60.9 Å². The van der Waals surface area contributed by atoms with Crippen molar-refractivity contribution >= 4 is 17.3 Å². The van der Waals surface area contributed by atoms with Crippen LogP contribution in [0.5, 0.6) is 0 Å². The van der Waals surface area contributed by atoms with Crippen molar-refractivity contribution in [1.82, 2.24) is 9.55 Å². The molecule has 0 radical (unpaired) electrons. The number of nitrogens with zero attached hydrogens (tertiary/aromatic N) is 2. The van der Waals surface area contributed by atoms with Crippen molar-refractivity contribution in [3.8, 4) is 0 Å². The van der Waals surface area contributed by atoms with E-state index in [0.717, 1.165) is 29.5 Å². The number of aromatic nitrogens is 2. The largest absolute Gasteiger partial charge is 0.399 e. The van der Waals surface area contributed by atoms with E-state index in [1.54, 1.807) is 0 Å². The van der Waals surface area contributed by atoms with Gasteiger partial charge in [0, 0.05) is 36.1 Å². The average molecular weight is 298 g/mol. The quantitative estimate of drug-likeness (QED) is 0.745. The third kappa shape index (κ3) is 3.44. The number of rotatable bonds is 4. The molecule has 0 amide bonds. The fourth-order valence-corrected chi connectivity index (χ4v) is 2.38. The van der Waals surface area contributed by atoms with Crippen molar-refractivity contribution in [2.45, 2.75) is 13.0 Å². The van der Waals surface area contributed by atoms with Crippen LogP contribution in [-0.4, -0.2) is 9.55 Å². The molecule has 0 spiro atoms. The molecule has 0 aliphatic heterocycles. The Labute approximate surface area is 129 Å². The van der Waals surface area contributed by atoms with Gasteiger partial charge >= 0.3 is 0 Å². The zero-order valence-electron chi connectivity index (χ0n) is 11.5. The molecule has 21 heavy (non-hydrogen) atoms. The van der Waals surface area contributed by atoms with Crippen LogP contribution in [0, 0.1) is 0 Å². The molecule has 0 fully saturated rings. The maximum absolute atomic E-state index is 5.91. The molecular weight excluding hydrogens is 282 g/mol. The van der Waals surface area contributed by atoms with E-state index in [4.69, 9.17) is 17.3 Å². The minimum Gasteiger partial charge on any atom is -0.399 e. The smallest absolute Gasteiger partial charge is 0.113 e. The third-order valence-corrected chi connectivity index (χ3v) is 3.66. The predicted octanol–water partition coefficient (Wildman–Crippen LogP) is 3.76. The van der Waals surface area contributed by atoms with Gasteiger partial charge in [-0.25, -0.2) is 4.98 Å². The first-order valence-electron chi connectivity index (χ1n) is 6.79. The first kappa shape index (κ1) is 13.7. The van der Waals surface area contributed by atoms with Gasteiger partial charge in [0.05, 0.1) is 0 Å². The highest BCUT2D eigenvalue weighted by Crippen LogP contribution is 2.14. The van der Waals surface area contributed by atoms with E-state index in [0.29, 0.717) is 0 Å². The average Bonchev–Trinajstić information content (AvgIpc) is 2.91. The summed E-state index contributed by atoms with van der Waals surface area (Å²) in [5, 5.41) is 0.754. The van der Waals surface area contributed by atoms with Gasteiger partial charge in [-0.05, 0) is 35.4 Å². The molecule has 0 saturated heterocycles. The van der Waals surface area contributed by atoms with Crippen LogP contribution in [0.3, 0.4) is 0 Å². The van der Waals surface area contributed by atoms with Crippen molar-refractivity contribution in [3.05, 3.63) is 82.9 Å². The molecule has 2 N–H and O–H groups in total.